The second-order valence-electron chi connectivity index (χ2n) is 3.77. The fourth-order valence-corrected chi connectivity index (χ4v) is 2.00. The molecule has 0 saturated carbocycles. The van der Waals surface area contributed by atoms with E-state index in [4.69, 9.17) is 0 Å². The molecule has 0 radical (unpaired) electrons. The van der Waals surface area contributed by atoms with Gasteiger partial charge in [0.05, 0.1) is 11.0 Å². The van der Waals surface area contributed by atoms with Crippen LogP contribution in [0.4, 0.5) is 5.95 Å². The fourth-order valence-electron chi connectivity index (χ4n) is 1.57. The molecule has 0 fully saturated rings. The maximum atomic E-state index is 4.38. The molecule has 0 aliphatic rings. The standard InChI is InChI=1S/C10H10BrN7/c1-17-6-13-15-8(17)5-12-10-14-9-7(11)3-2-4-18(9)16-10/h2-4,6H,5H2,1H3,(H,12,16). The van der Waals surface area contributed by atoms with Crippen molar-refractivity contribution in [1.82, 2.24) is 29.4 Å². The Balaban J connectivity index is 1.83. The Morgan fingerprint density at radius 3 is 3.06 bits per heavy atom. The zero-order chi connectivity index (χ0) is 12.5. The van der Waals surface area contributed by atoms with Crippen LogP contribution >= 0.6 is 15.9 Å². The van der Waals surface area contributed by atoms with Crippen molar-refractivity contribution < 1.29 is 0 Å². The zero-order valence-electron chi connectivity index (χ0n) is 9.58. The second-order valence-corrected chi connectivity index (χ2v) is 4.63. The molecule has 1 N–H and O–H groups in total. The Morgan fingerprint density at radius 1 is 1.44 bits per heavy atom. The van der Waals surface area contributed by atoms with Crippen LogP contribution in [0.25, 0.3) is 5.65 Å². The molecule has 0 saturated heterocycles. The number of aryl methyl sites for hydroxylation is 1. The third-order valence-corrected chi connectivity index (χ3v) is 3.14. The van der Waals surface area contributed by atoms with Gasteiger partial charge in [-0.1, -0.05) is 0 Å². The van der Waals surface area contributed by atoms with Gasteiger partial charge < -0.3 is 9.88 Å². The second kappa shape index (κ2) is 4.37. The van der Waals surface area contributed by atoms with Gasteiger partial charge >= 0.3 is 0 Å². The van der Waals surface area contributed by atoms with Crippen molar-refractivity contribution in [1.29, 1.82) is 0 Å². The molecule has 3 aromatic rings. The van der Waals surface area contributed by atoms with Crippen LogP contribution in [0.15, 0.2) is 29.1 Å². The number of anilines is 1. The van der Waals surface area contributed by atoms with Gasteiger partial charge in [0.2, 0.25) is 5.95 Å². The third-order valence-electron chi connectivity index (χ3n) is 2.52. The highest BCUT2D eigenvalue weighted by Gasteiger charge is 2.07. The Morgan fingerprint density at radius 2 is 2.33 bits per heavy atom. The number of nitrogens with zero attached hydrogens (tertiary/aromatic N) is 6. The van der Waals surface area contributed by atoms with E-state index in [9.17, 15) is 0 Å². The molecule has 0 unspecified atom stereocenters. The van der Waals surface area contributed by atoms with Crippen LogP contribution in [0.5, 0.6) is 0 Å². The van der Waals surface area contributed by atoms with E-state index in [0.29, 0.717) is 12.5 Å². The maximum absolute atomic E-state index is 4.38. The molecule has 7 nitrogen and oxygen atoms in total. The van der Waals surface area contributed by atoms with Gasteiger partial charge in [0.15, 0.2) is 11.5 Å². The summed E-state index contributed by atoms with van der Waals surface area (Å²) in [5.74, 6) is 1.39. The van der Waals surface area contributed by atoms with Crippen LogP contribution < -0.4 is 5.32 Å². The monoisotopic (exact) mass is 307 g/mol. The van der Waals surface area contributed by atoms with Gasteiger partial charge in [-0.25, -0.2) is 4.52 Å². The molecule has 0 atom stereocenters. The lowest BCUT2D eigenvalue weighted by molar-refractivity contribution is 0.806. The number of nitrogens with one attached hydrogen (secondary N) is 1. The number of aromatic nitrogens is 6. The van der Waals surface area contributed by atoms with Gasteiger partial charge in [0, 0.05) is 13.2 Å². The summed E-state index contributed by atoms with van der Waals surface area (Å²) in [4.78, 5) is 4.38. The Hall–Kier alpha value is -1.96. The number of hydrogen-bond acceptors (Lipinski definition) is 5. The van der Waals surface area contributed by atoms with Gasteiger partial charge in [-0.15, -0.1) is 15.3 Å². The highest BCUT2D eigenvalue weighted by atomic mass is 79.9. The summed E-state index contributed by atoms with van der Waals surface area (Å²) in [6, 6.07) is 3.83. The smallest absolute Gasteiger partial charge is 0.243 e. The summed E-state index contributed by atoms with van der Waals surface area (Å²) in [6.07, 6.45) is 3.51. The molecule has 0 aliphatic heterocycles. The van der Waals surface area contributed by atoms with E-state index in [1.165, 1.54) is 0 Å². The number of halogens is 1. The molecule has 3 rings (SSSR count). The number of pyridine rings is 1. The number of hydrogen-bond donors (Lipinski definition) is 1. The van der Waals surface area contributed by atoms with Gasteiger partial charge in [-0.05, 0) is 28.1 Å². The van der Waals surface area contributed by atoms with Crippen LogP contribution in [-0.2, 0) is 13.6 Å². The highest BCUT2D eigenvalue weighted by molar-refractivity contribution is 9.10. The largest absolute Gasteiger partial charge is 0.346 e. The minimum atomic E-state index is 0.533. The lowest BCUT2D eigenvalue weighted by Gasteiger charge is -1.99. The van der Waals surface area contributed by atoms with Crippen molar-refractivity contribution in [3.05, 3.63) is 35.0 Å². The van der Waals surface area contributed by atoms with Gasteiger partial charge in [0.1, 0.15) is 6.33 Å². The molecule has 0 amide bonds. The van der Waals surface area contributed by atoms with Crippen molar-refractivity contribution in [2.45, 2.75) is 6.54 Å². The van der Waals surface area contributed by atoms with Crippen LogP contribution in [-0.4, -0.2) is 29.4 Å². The molecule has 18 heavy (non-hydrogen) atoms. The molecule has 3 heterocycles. The Kier molecular flexibility index (Phi) is 2.71. The maximum Gasteiger partial charge on any atom is 0.243 e. The molecular formula is C10H10BrN7. The SMILES string of the molecule is Cn1cnnc1CNc1nc2c(Br)cccn2n1. The first-order valence-electron chi connectivity index (χ1n) is 5.31. The van der Waals surface area contributed by atoms with E-state index < -0.39 is 0 Å². The van der Waals surface area contributed by atoms with Crippen molar-refractivity contribution in [3.8, 4) is 0 Å². The zero-order valence-corrected chi connectivity index (χ0v) is 11.2. The summed E-state index contributed by atoms with van der Waals surface area (Å²) >= 11 is 3.43. The van der Waals surface area contributed by atoms with E-state index in [0.717, 1.165) is 15.9 Å². The summed E-state index contributed by atoms with van der Waals surface area (Å²) in [5.41, 5.74) is 0.776. The Bertz CT molecular complexity index is 686. The van der Waals surface area contributed by atoms with Gasteiger partial charge in [0.25, 0.3) is 0 Å². The van der Waals surface area contributed by atoms with Crippen LogP contribution in [0.1, 0.15) is 5.82 Å². The molecule has 92 valence electrons. The summed E-state index contributed by atoms with van der Waals surface area (Å²) in [5, 5.41) is 15.2. The molecule has 8 heteroatoms. The van der Waals surface area contributed by atoms with E-state index in [-0.39, 0.29) is 0 Å². The van der Waals surface area contributed by atoms with Crippen molar-refractivity contribution in [3.63, 3.8) is 0 Å². The molecule has 0 bridgehead atoms. The van der Waals surface area contributed by atoms with E-state index in [2.05, 4.69) is 41.5 Å². The lowest BCUT2D eigenvalue weighted by Crippen LogP contribution is -2.06. The summed E-state index contributed by atoms with van der Waals surface area (Å²) < 4.78 is 4.46. The molecule has 0 aliphatic carbocycles. The van der Waals surface area contributed by atoms with Crippen molar-refractivity contribution >= 4 is 27.5 Å². The molecular weight excluding hydrogens is 298 g/mol. The lowest BCUT2D eigenvalue weighted by atomic mass is 10.5. The molecule has 0 spiro atoms. The average Bonchev–Trinajstić information content (AvgIpc) is 2.93. The van der Waals surface area contributed by atoms with Gasteiger partial charge in [-0.2, -0.15) is 4.98 Å². The van der Waals surface area contributed by atoms with E-state index in [1.807, 2.05) is 29.9 Å². The molecule has 0 aromatic carbocycles. The predicted octanol–water partition coefficient (Wildman–Crippen LogP) is 1.23. The summed E-state index contributed by atoms with van der Waals surface area (Å²) in [6.45, 7) is 0.533. The van der Waals surface area contributed by atoms with Gasteiger partial charge in [-0.3, -0.25) is 0 Å². The predicted molar refractivity (Wildman–Crippen MR) is 69.0 cm³/mol. The highest BCUT2D eigenvalue weighted by Crippen LogP contribution is 2.16. The fraction of sp³-hybridized carbons (Fsp3) is 0.200. The van der Waals surface area contributed by atoms with E-state index in [1.54, 1.807) is 10.8 Å². The third kappa shape index (κ3) is 1.94. The number of rotatable bonds is 3. The number of fused-ring (bicyclic) bond motifs is 1. The van der Waals surface area contributed by atoms with Crippen LogP contribution in [0.3, 0.4) is 0 Å². The quantitative estimate of drug-likeness (QED) is 0.788. The first-order valence-corrected chi connectivity index (χ1v) is 6.11. The summed E-state index contributed by atoms with van der Waals surface area (Å²) in [7, 11) is 1.89. The Labute approximate surface area is 111 Å². The molecule has 3 aromatic heterocycles. The first-order chi connectivity index (χ1) is 8.74. The van der Waals surface area contributed by atoms with Crippen molar-refractivity contribution in [2.24, 2.45) is 7.05 Å². The minimum Gasteiger partial charge on any atom is -0.346 e. The minimum absolute atomic E-state index is 0.533. The van der Waals surface area contributed by atoms with E-state index >= 15 is 0 Å². The van der Waals surface area contributed by atoms with Crippen LogP contribution in [0.2, 0.25) is 0 Å². The topological polar surface area (TPSA) is 72.9 Å². The first kappa shape index (κ1) is 11.1. The van der Waals surface area contributed by atoms with Crippen LogP contribution in [0, 0.1) is 0 Å². The average molecular weight is 308 g/mol. The van der Waals surface area contributed by atoms with Crippen molar-refractivity contribution in [2.75, 3.05) is 5.32 Å². The normalized spacial score (nSPS) is 11.0.